The highest BCUT2D eigenvalue weighted by molar-refractivity contribution is 7.99. The second kappa shape index (κ2) is 8.13. The summed E-state index contributed by atoms with van der Waals surface area (Å²) >= 11 is 1.90. The first kappa shape index (κ1) is 16.0. The minimum Gasteiger partial charge on any atom is -0.345 e. The Morgan fingerprint density at radius 2 is 2.09 bits per heavy atom. The Bertz CT molecular complexity index is 575. The summed E-state index contributed by atoms with van der Waals surface area (Å²) in [6, 6.07) is 14.0. The molecule has 2 atom stereocenters. The van der Waals surface area contributed by atoms with Gasteiger partial charge in [-0.3, -0.25) is 9.78 Å². The van der Waals surface area contributed by atoms with Crippen LogP contribution in [-0.4, -0.2) is 35.0 Å². The quantitative estimate of drug-likeness (QED) is 0.885. The van der Waals surface area contributed by atoms with Crippen LogP contribution in [-0.2, 0) is 4.79 Å². The van der Waals surface area contributed by atoms with Crippen molar-refractivity contribution in [1.29, 1.82) is 0 Å². The normalized spacial score (nSPS) is 19.0. The van der Waals surface area contributed by atoms with E-state index in [-0.39, 0.29) is 18.0 Å². The van der Waals surface area contributed by atoms with Crippen LogP contribution in [0.2, 0.25) is 0 Å². The standard InChI is InChI=1S/C18H21N3OS/c22-17(11-16-13-23-10-9-20-16)21-18(14-5-2-1-3-6-14)15-7-4-8-19-12-15/h1-8,12,16,18,20H,9-11,13H2,(H,21,22). The maximum absolute atomic E-state index is 12.5. The van der Waals surface area contributed by atoms with Gasteiger partial charge in [-0.05, 0) is 17.2 Å². The molecular weight excluding hydrogens is 306 g/mol. The van der Waals surface area contributed by atoms with E-state index in [1.165, 1.54) is 0 Å². The van der Waals surface area contributed by atoms with Crippen LogP contribution in [0.15, 0.2) is 54.9 Å². The summed E-state index contributed by atoms with van der Waals surface area (Å²) in [4.78, 5) is 16.7. The van der Waals surface area contributed by atoms with E-state index in [0.717, 1.165) is 29.2 Å². The predicted molar refractivity (Wildman–Crippen MR) is 94.4 cm³/mol. The van der Waals surface area contributed by atoms with E-state index in [0.29, 0.717) is 6.42 Å². The maximum Gasteiger partial charge on any atom is 0.222 e. The van der Waals surface area contributed by atoms with Crippen molar-refractivity contribution in [1.82, 2.24) is 15.6 Å². The van der Waals surface area contributed by atoms with Gasteiger partial charge in [-0.2, -0.15) is 11.8 Å². The van der Waals surface area contributed by atoms with Crippen molar-refractivity contribution in [3.05, 3.63) is 66.0 Å². The third-order valence-corrected chi connectivity index (χ3v) is 5.02. The Morgan fingerprint density at radius 1 is 1.26 bits per heavy atom. The number of benzene rings is 1. The van der Waals surface area contributed by atoms with E-state index in [9.17, 15) is 4.79 Å². The van der Waals surface area contributed by atoms with Crippen molar-refractivity contribution in [2.75, 3.05) is 18.1 Å². The molecule has 2 unspecified atom stereocenters. The fourth-order valence-electron chi connectivity index (χ4n) is 2.75. The van der Waals surface area contributed by atoms with Gasteiger partial charge in [-0.1, -0.05) is 36.4 Å². The van der Waals surface area contributed by atoms with Crippen LogP contribution in [0, 0.1) is 0 Å². The molecule has 1 aliphatic heterocycles. The molecule has 1 saturated heterocycles. The number of thioether (sulfide) groups is 1. The average Bonchev–Trinajstić information content (AvgIpc) is 2.62. The molecule has 5 heteroatoms. The van der Waals surface area contributed by atoms with Crippen LogP contribution in [0.5, 0.6) is 0 Å². The van der Waals surface area contributed by atoms with E-state index in [2.05, 4.69) is 15.6 Å². The number of rotatable bonds is 5. The fourth-order valence-corrected chi connectivity index (χ4v) is 3.69. The average molecular weight is 327 g/mol. The predicted octanol–water partition coefficient (Wildman–Crippen LogP) is 2.38. The van der Waals surface area contributed by atoms with Gasteiger partial charge < -0.3 is 10.6 Å². The first-order valence-electron chi connectivity index (χ1n) is 7.88. The number of hydrogen-bond donors (Lipinski definition) is 2. The molecule has 0 radical (unpaired) electrons. The highest BCUT2D eigenvalue weighted by atomic mass is 32.2. The number of amides is 1. The zero-order chi connectivity index (χ0) is 15.9. The van der Waals surface area contributed by atoms with Crippen molar-refractivity contribution >= 4 is 17.7 Å². The third-order valence-electron chi connectivity index (χ3n) is 3.89. The van der Waals surface area contributed by atoms with Gasteiger partial charge in [0.15, 0.2) is 0 Å². The molecule has 0 aliphatic carbocycles. The Hall–Kier alpha value is -1.85. The van der Waals surface area contributed by atoms with E-state index in [1.54, 1.807) is 6.20 Å². The Kier molecular flexibility index (Phi) is 5.66. The van der Waals surface area contributed by atoms with Crippen LogP contribution in [0.4, 0.5) is 0 Å². The number of aromatic nitrogens is 1. The van der Waals surface area contributed by atoms with Gasteiger partial charge in [-0.15, -0.1) is 0 Å². The fraction of sp³-hybridized carbons (Fsp3) is 0.333. The van der Waals surface area contributed by atoms with Crippen LogP contribution < -0.4 is 10.6 Å². The van der Waals surface area contributed by atoms with Crippen molar-refractivity contribution < 1.29 is 4.79 Å². The van der Waals surface area contributed by atoms with E-state index < -0.39 is 0 Å². The Morgan fingerprint density at radius 3 is 2.78 bits per heavy atom. The lowest BCUT2D eigenvalue weighted by molar-refractivity contribution is -0.122. The summed E-state index contributed by atoms with van der Waals surface area (Å²) < 4.78 is 0. The molecule has 120 valence electrons. The van der Waals surface area contributed by atoms with E-state index in [4.69, 9.17) is 0 Å². The monoisotopic (exact) mass is 327 g/mol. The molecule has 2 aromatic rings. The zero-order valence-electron chi connectivity index (χ0n) is 12.9. The number of nitrogens with one attached hydrogen (secondary N) is 2. The highest BCUT2D eigenvalue weighted by Crippen LogP contribution is 2.21. The van der Waals surface area contributed by atoms with Gasteiger partial charge >= 0.3 is 0 Å². The highest BCUT2D eigenvalue weighted by Gasteiger charge is 2.21. The molecule has 23 heavy (non-hydrogen) atoms. The summed E-state index contributed by atoms with van der Waals surface area (Å²) in [6.07, 6.45) is 4.07. The molecule has 2 N–H and O–H groups in total. The van der Waals surface area contributed by atoms with Crippen molar-refractivity contribution in [3.8, 4) is 0 Å². The van der Waals surface area contributed by atoms with Crippen LogP contribution in [0.1, 0.15) is 23.6 Å². The van der Waals surface area contributed by atoms with Crippen molar-refractivity contribution in [2.45, 2.75) is 18.5 Å². The molecular formula is C18H21N3OS. The number of nitrogens with zero attached hydrogens (tertiary/aromatic N) is 1. The largest absolute Gasteiger partial charge is 0.345 e. The van der Waals surface area contributed by atoms with Crippen molar-refractivity contribution in [3.63, 3.8) is 0 Å². The molecule has 0 spiro atoms. The summed E-state index contributed by atoms with van der Waals surface area (Å²) in [5.41, 5.74) is 2.07. The lowest BCUT2D eigenvalue weighted by atomic mass is 10.00. The number of carbonyl (C=O) groups is 1. The maximum atomic E-state index is 12.5. The Labute approximate surface area is 141 Å². The lowest BCUT2D eigenvalue weighted by Gasteiger charge is -2.24. The first-order valence-corrected chi connectivity index (χ1v) is 9.04. The van der Waals surface area contributed by atoms with E-state index in [1.807, 2.05) is 60.4 Å². The topological polar surface area (TPSA) is 54.0 Å². The summed E-state index contributed by atoms with van der Waals surface area (Å²) in [6.45, 7) is 0.979. The van der Waals surface area contributed by atoms with Gasteiger partial charge in [0.25, 0.3) is 0 Å². The second-order valence-electron chi connectivity index (χ2n) is 5.63. The Balaban J connectivity index is 1.72. The minimum atomic E-state index is -0.159. The van der Waals surface area contributed by atoms with Gasteiger partial charge in [0, 0.05) is 42.9 Å². The van der Waals surface area contributed by atoms with Gasteiger partial charge in [0.2, 0.25) is 5.91 Å². The van der Waals surface area contributed by atoms with E-state index >= 15 is 0 Å². The van der Waals surface area contributed by atoms with Crippen LogP contribution >= 0.6 is 11.8 Å². The molecule has 1 aromatic heterocycles. The molecule has 0 saturated carbocycles. The SMILES string of the molecule is O=C(CC1CSCCN1)NC(c1ccccc1)c1cccnc1. The van der Waals surface area contributed by atoms with Crippen LogP contribution in [0.25, 0.3) is 0 Å². The number of pyridine rings is 1. The third kappa shape index (κ3) is 4.56. The summed E-state index contributed by atoms with van der Waals surface area (Å²) in [7, 11) is 0. The molecule has 4 nitrogen and oxygen atoms in total. The summed E-state index contributed by atoms with van der Waals surface area (Å²) in [5, 5.41) is 6.58. The molecule has 1 aromatic carbocycles. The number of carbonyl (C=O) groups excluding carboxylic acids is 1. The molecule has 1 fully saturated rings. The van der Waals surface area contributed by atoms with Crippen molar-refractivity contribution in [2.24, 2.45) is 0 Å². The molecule has 0 bridgehead atoms. The number of hydrogen-bond acceptors (Lipinski definition) is 4. The first-order chi connectivity index (χ1) is 11.3. The molecule has 3 rings (SSSR count). The molecule has 1 amide bonds. The van der Waals surface area contributed by atoms with Gasteiger partial charge in [0.1, 0.15) is 0 Å². The van der Waals surface area contributed by atoms with Gasteiger partial charge in [0.05, 0.1) is 6.04 Å². The van der Waals surface area contributed by atoms with Gasteiger partial charge in [-0.25, -0.2) is 0 Å². The molecule has 1 aliphatic rings. The zero-order valence-corrected chi connectivity index (χ0v) is 13.8. The smallest absolute Gasteiger partial charge is 0.222 e. The summed E-state index contributed by atoms with van der Waals surface area (Å²) in [5.74, 6) is 2.19. The van der Waals surface area contributed by atoms with Crippen LogP contribution in [0.3, 0.4) is 0 Å². The lowest BCUT2D eigenvalue weighted by Crippen LogP contribution is -2.42. The molecule has 2 heterocycles. The second-order valence-corrected chi connectivity index (χ2v) is 6.78. The minimum absolute atomic E-state index is 0.0720.